The summed E-state index contributed by atoms with van der Waals surface area (Å²) in [5, 5.41) is 6.12. The number of nitrogens with zero attached hydrogens (tertiary/aromatic N) is 2. The third-order valence-electron chi connectivity index (χ3n) is 5.39. The molecule has 6 heteroatoms. The van der Waals surface area contributed by atoms with E-state index < -0.39 is 0 Å². The number of benzene rings is 1. The van der Waals surface area contributed by atoms with E-state index in [4.69, 9.17) is 0 Å². The molecular formula is C22H28N4O2. The first-order valence-corrected chi connectivity index (χ1v) is 9.85. The summed E-state index contributed by atoms with van der Waals surface area (Å²) in [6, 6.07) is 8.88. The third-order valence-corrected chi connectivity index (χ3v) is 5.39. The van der Waals surface area contributed by atoms with Gasteiger partial charge in [-0.3, -0.25) is 14.6 Å². The molecule has 0 spiro atoms. The van der Waals surface area contributed by atoms with Crippen molar-refractivity contribution in [3.8, 4) is 0 Å². The third kappa shape index (κ3) is 4.75. The summed E-state index contributed by atoms with van der Waals surface area (Å²) >= 11 is 0. The van der Waals surface area contributed by atoms with Gasteiger partial charge in [0.05, 0.1) is 11.3 Å². The van der Waals surface area contributed by atoms with E-state index in [1.165, 1.54) is 0 Å². The summed E-state index contributed by atoms with van der Waals surface area (Å²) in [7, 11) is 1.97. The van der Waals surface area contributed by atoms with Gasteiger partial charge in [0, 0.05) is 31.0 Å². The molecule has 2 aromatic rings. The minimum Gasteiger partial charge on any atom is -0.339 e. The van der Waals surface area contributed by atoms with Crippen LogP contribution in [0.5, 0.6) is 0 Å². The Morgan fingerprint density at radius 2 is 1.86 bits per heavy atom. The maximum atomic E-state index is 13.2. The Hall–Kier alpha value is -2.73. The highest BCUT2D eigenvalue weighted by atomic mass is 16.2. The molecule has 0 bridgehead atoms. The van der Waals surface area contributed by atoms with E-state index in [9.17, 15) is 9.59 Å². The number of pyridine rings is 1. The van der Waals surface area contributed by atoms with Crippen molar-refractivity contribution in [1.29, 1.82) is 0 Å². The number of anilines is 1. The summed E-state index contributed by atoms with van der Waals surface area (Å²) in [6.45, 7) is 4.45. The fourth-order valence-electron chi connectivity index (χ4n) is 3.64. The van der Waals surface area contributed by atoms with Crippen LogP contribution in [0.25, 0.3) is 0 Å². The molecule has 2 amide bonds. The second-order valence-electron chi connectivity index (χ2n) is 7.32. The van der Waals surface area contributed by atoms with Crippen LogP contribution in [0.1, 0.15) is 45.5 Å². The second-order valence-corrected chi connectivity index (χ2v) is 7.32. The molecule has 28 heavy (non-hydrogen) atoms. The monoisotopic (exact) mass is 380 g/mol. The molecule has 0 unspecified atom stereocenters. The molecule has 0 atom stereocenters. The minimum absolute atomic E-state index is 0.0132. The molecule has 1 fully saturated rings. The largest absolute Gasteiger partial charge is 0.339 e. The van der Waals surface area contributed by atoms with Crippen molar-refractivity contribution < 1.29 is 9.59 Å². The first-order valence-electron chi connectivity index (χ1n) is 9.85. The number of amides is 2. The number of rotatable bonds is 6. The van der Waals surface area contributed by atoms with Gasteiger partial charge in [0.25, 0.3) is 11.8 Å². The van der Waals surface area contributed by atoms with Crippen molar-refractivity contribution in [3.05, 3.63) is 59.4 Å². The van der Waals surface area contributed by atoms with Crippen molar-refractivity contribution in [2.24, 2.45) is 5.92 Å². The van der Waals surface area contributed by atoms with Crippen LogP contribution in [0.15, 0.2) is 42.7 Å². The summed E-state index contributed by atoms with van der Waals surface area (Å²) < 4.78 is 0. The van der Waals surface area contributed by atoms with Crippen LogP contribution in [0, 0.1) is 12.8 Å². The average molecular weight is 380 g/mol. The van der Waals surface area contributed by atoms with Crippen molar-refractivity contribution in [2.75, 3.05) is 32.0 Å². The molecule has 2 N–H and O–H groups in total. The van der Waals surface area contributed by atoms with E-state index in [-0.39, 0.29) is 11.8 Å². The van der Waals surface area contributed by atoms with E-state index in [1.807, 2.05) is 31.0 Å². The number of piperidine rings is 1. The smallest absolute Gasteiger partial charge is 0.255 e. The molecular weight excluding hydrogens is 352 g/mol. The van der Waals surface area contributed by atoms with Gasteiger partial charge in [0.1, 0.15) is 0 Å². The number of carbonyl (C=O) groups excluding carboxylic acids is 2. The molecule has 1 aliphatic rings. The standard InChI is InChI=1S/C22H28N4O2/c1-16-4-3-5-19(20(16)25-21(27)18-7-12-24-13-8-18)22(28)26-14-9-17(10-15-26)6-11-23-2/h3-5,7-8,12-13,17,23H,6,9-11,14-15H2,1-2H3,(H,25,27). The highest BCUT2D eigenvalue weighted by Gasteiger charge is 2.25. The SMILES string of the molecule is CNCCC1CCN(C(=O)c2cccc(C)c2NC(=O)c2ccncc2)CC1. The number of aromatic nitrogens is 1. The zero-order valence-corrected chi connectivity index (χ0v) is 16.6. The van der Waals surface area contributed by atoms with Crippen LogP contribution in [0.2, 0.25) is 0 Å². The van der Waals surface area contributed by atoms with Crippen molar-refractivity contribution >= 4 is 17.5 Å². The number of carbonyl (C=O) groups is 2. The Kier molecular flexibility index (Phi) is 6.76. The Bertz CT molecular complexity index is 815. The zero-order valence-electron chi connectivity index (χ0n) is 16.6. The average Bonchev–Trinajstić information content (AvgIpc) is 2.74. The van der Waals surface area contributed by atoms with Crippen LogP contribution in [0.4, 0.5) is 5.69 Å². The number of hydrogen-bond acceptors (Lipinski definition) is 4. The Morgan fingerprint density at radius 3 is 2.54 bits per heavy atom. The predicted octanol–water partition coefficient (Wildman–Crippen LogP) is 3.10. The summed E-state index contributed by atoms with van der Waals surface area (Å²) in [5.41, 5.74) is 2.53. The summed E-state index contributed by atoms with van der Waals surface area (Å²) in [5.74, 6) is 0.414. The van der Waals surface area contributed by atoms with Gasteiger partial charge in [-0.15, -0.1) is 0 Å². The van der Waals surface area contributed by atoms with Crippen molar-refractivity contribution in [1.82, 2.24) is 15.2 Å². The van der Waals surface area contributed by atoms with Crippen LogP contribution < -0.4 is 10.6 Å². The Labute approximate surface area is 166 Å². The van der Waals surface area contributed by atoms with Crippen molar-refractivity contribution in [2.45, 2.75) is 26.2 Å². The molecule has 0 saturated carbocycles. The summed E-state index contributed by atoms with van der Waals surface area (Å²) in [6.07, 6.45) is 6.36. The lowest BCUT2D eigenvalue weighted by atomic mass is 9.93. The molecule has 6 nitrogen and oxygen atoms in total. The van der Waals surface area contributed by atoms with Gasteiger partial charge in [0.2, 0.25) is 0 Å². The molecule has 1 aliphatic heterocycles. The lowest BCUT2D eigenvalue weighted by Crippen LogP contribution is -2.39. The molecule has 148 valence electrons. The van der Waals surface area contributed by atoms with Gasteiger partial charge in [-0.1, -0.05) is 12.1 Å². The normalized spacial score (nSPS) is 14.7. The van der Waals surface area contributed by atoms with E-state index >= 15 is 0 Å². The Balaban J connectivity index is 1.73. The minimum atomic E-state index is -0.239. The number of aryl methyl sites for hydroxylation is 1. The van der Waals surface area contributed by atoms with Gasteiger partial charge < -0.3 is 15.5 Å². The first-order chi connectivity index (χ1) is 13.6. The predicted molar refractivity (Wildman–Crippen MR) is 111 cm³/mol. The molecule has 1 saturated heterocycles. The molecule has 2 heterocycles. The van der Waals surface area contributed by atoms with Gasteiger partial charge in [-0.25, -0.2) is 0 Å². The highest BCUT2D eigenvalue weighted by molar-refractivity contribution is 6.09. The van der Waals surface area contributed by atoms with Crippen LogP contribution in [0.3, 0.4) is 0 Å². The molecule has 1 aromatic heterocycles. The molecule has 1 aromatic carbocycles. The maximum absolute atomic E-state index is 13.2. The van der Waals surface area contributed by atoms with Gasteiger partial charge >= 0.3 is 0 Å². The molecule has 0 aliphatic carbocycles. The van der Waals surface area contributed by atoms with Crippen LogP contribution >= 0.6 is 0 Å². The van der Waals surface area contributed by atoms with E-state index in [0.29, 0.717) is 22.7 Å². The fourth-order valence-corrected chi connectivity index (χ4v) is 3.64. The highest BCUT2D eigenvalue weighted by Crippen LogP contribution is 2.26. The summed E-state index contributed by atoms with van der Waals surface area (Å²) in [4.78, 5) is 31.6. The number of para-hydroxylation sites is 1. The zero-order chi connectivity index (χ0) is 19.9. The Morgan fingerprint density at radius 1 is 1.14 bits per heavy atom. The van der Waals surface area contributed by atoms with E-state index in [1.54, 1.807) is 30.6 Å². The quantitative estimate of drug-likeness (QED) is 0.808. The first kappa shape index (κ1) is 20.0. The molecule has 0 radical (unpaired) electrons. The van der Waals surface area contributed by atoms with Crippen LogP contribution in [-0.4, -0.2) is 48.4 Å². The lowest BCUT2D eigenvalue weighted by molar-refractivity contribution is 0.0688. The number of likely N-dealkylation sites (tertiary alicyclic amines) is 1. The van der Waals surface area contributed by atoms with Gasteiger partial charge in [-0.05, 0) is 69.5 Å². The maximum Gasteiger partial charge on any atom is 0.255 e. The topological polar surface area (TPSA) is 74.3 Å². The van der Waals surface area contributed by atoms with Gasteiger partial charge in [0.15, 0.2) is 0 Å². The van der Waals surface area contributed by atoms with Gasteiger partial charge in [-0.2, -0.15) is 0 Å². The molecule has 3 rings (SSSR count). The van der Waals surface area contributed by atoms with E-state index in [2.05, 4.69) is 15.6 Å². The fraction of sp³-hybridized carbons (Fsp3) is 0.409. The van der Waals surface area contributed by atoms with Crippen molar-refractivity contribution in [3.63, 3.8) is 0 Å². The second kappa shape index (κ2) is 9.46. The van der Waals surface area contributed by atoms with E-state index in [0.717, 1.165) is 44.5 Å². The van der Waals surface area contributed by atoms with Crippen LogP contribution in [-0.2, 0) is 0 Å². The lowest BCUT2D eigenvalue weighted by Gasteiger charge is -2.32. The number of nitrogens with one attached hydrogen (secondary N) is 2. The number of hydrogen-bond donors (Lipinski definition) is 2.